The maximum atomic E-state index is 13.8. The number of halogens is 8. The standard InChI is InChI=1S/2C24H17F4NO4S2.H3P/c2*1-14-18-4-2-3-5-21(18)34-22(14)29(13-15-6-11-20(25)19(12-15)24(26,27)28)35(32,33)17-9-7-16(8-10-17)23(30)31;/h2*2-12H,13H2,1H3,(H,30,31);1H3/i1-1;;. The third-order valence-electron chi connectivity index (χ3n) is 10.8. The van der Waals surface area contributed by atoms with E-state index in [4.69, 9.17) is 10.2 Å². The van der Waals surface area contributed by atoms with Crippen LogP contribution in [0.1, 0.15) is 54.1 Å². The molecule has 6 aromatic carbocycles. The van der Waals surface area contributed by atoms with E-state index in [9.17, 15) is 61.5 Å². The number of alkyl halides is 6. The Morgan fingerprint density at radius 2 is 0.845 bits per heavy atom. The number of sulfonamides is 2. The number of fused-ring (bicyclic) bond motifs is 2. The number of carbonyl (C=O) groups is 2. The second-order valence-electron chi connectivity index (χ2n) is 15.4. The Balaban J connectivity index is 0.000000229. The highest BCUT2D eigenvalue weighted by Crippen LogP contribution is 2.43. The molecule has 0 amide bonds. The number of carboxylic acids is 2. The van der Waals surface area contributed by atoms with Crippen molar-refractivity contribution in [1.82, 2.24) is 0 Å². The average Bonchev–Trinajstić information content (AvgIpc) is 3.82. The van der Waals surface area contributed by atoms with Crippen molar-refractivity contribution in [3.8, 4) is 0 Å². The van der Waals surface area contributed by atoms with Crippen molar-refractivity contribution in [1.29, 1.82) is 0 Å². The Labute approximate surface area is 411 Å². The van der Waals surface area contributed by atoms with E-state index >= 15 is 0 Å². The molecule has 23 heteroatoms. The van der Waals surface area contributed by atoms with Crippen molar-refractivity contribution in [3.63, 3.8) is 0 Å². The quantitative estimate of drug-likeness (QED) is 0.0907. The van der Waals surface area contributed by atoms with Crippen LogP contribution in [0.15, 0.2) is 143 Å². The topological polar surface area (TPSA) is 149 Å². The number of hydrogen-bond donors (Lipinski definition) is 2. The van der Waals surface area contributed by atoms with Gasteiger partial charge in [-0.25, -0.2) is 35.2 Å². The second kappa shape index (κ2) is 20.7. The number of rotatable bonds is 12. The van der Waals surface area contributed by atoms with Gasteiger partial charge in [0.05, 0.1) is 45.1 Å². The lowest BCUT2D eigenvalue weighted by molar-refractivity contribution is -0.140. The summed E-state index contributed by atoms with van der Waals surface area (Å²) in [6, 6.07) is 28.0. The van der Waals surface area contributed by atoms with Crippen LogP contribution in [0.3, 0.4) is 0 Å². The van der Waals surface area contributed by atoms with Crippen molar-refractivity contribution in [3.05, 3.63) is 190 Å². The molecular formula is C48H37F8N2O8PS4. The van der Waals surface area contributed by atoms with Gasteiger partial charge in [-0.3, -0.25) is 8.61 Å². The fourth-order valence-electron chi connectivity index (χ4n) is 7.23. The number of nitrogens with zero attached hydrogens (tertiary/aromatic N) is 2. The summed E-state index contributed by atoms with van der Waals surface area (Å²) in [6.45, 7) is 2.41. The fourth-order valence-corrected chi connectivity index (χ4v) is 13.1. The van der Waals surface area contributed by atoms with E-state index in [2.05, 4.69) is 0 Å². The number of hydrogen-bond acceptors (Lipinski definition) is 8. The van der Waals surface area contributed by atoms with Crippen LogP contribution in [0.25, 0.3) is 20.2 Å². The molecule has 71 heavy (non-hydrogen) atoms. The molecule has 372 valence electrons. The molecule has 0 fully saturated rings. The molecule has 0 aliphatic heterocycles. The van der Waals surface area contributed by atoms with E-state index in [-0.39, 0.29) is 51.9 Å². The van der Waals surface area contributed by atoms with Crippen LogP contribution in [0.2, 0.25) is 0 Å². The van der Waals surface area contributed by atoms with Gasteiger partial charge in [0, 0.05) is 9.40 Å². The van der Waals surface area contributed by atoms with Crippen LogP contribution in [0.4, 0.5) is 45.1 Å². The highest BCUT2D eigenvalue weighted by Gasteiger charge is 2.37. The average molecular weight is 1080 g/mol. The Morgan fingerprint density at radius 1 is 0.521 bits per heavy atom. The summed E-state index contributed by atoms with van der Waals surface area (Å²) in [5.74, 6) is -5.40. The van der Waals surface area contributed by atoms with Crippen LogP contribution in [-0.2, 0) is 45.5 Å². The molecule has 2 N–H and O–H groups in total. The summed E-state index contributed by atoms with van der Waals surface area (Å²) in [4.78, 5) is 21.8. The van der Waals surface area contributed by atoms with Crippen molar-refractivity contribution >= 4 is 94.7 Å². The Bertz CT molecular complexity index is 3300. The van der Waals surface area contributed by atoms with Crippen LogP contribution in [0.5, 0.6) is 0 Å². The second-order valence-corrected chi connectivity index (χ2v) is 21.1. The maximum Gasteiger partial charge on any atom is 0.419 e. The molecule has 8 rings (SSSR count). The first-order valence-electron chi connectivity index (χ1n) is 20.2. The lowest BCUT2D eigenvalue weighted by atomic mass is 10.0. The highest BCUT2D eigenvalue weighted by atomic mass is 32.2. The van der Waals surface area contributed by atoms with Gasteiger partial charge in [0.15, 0.2) is 0 Å². The number of carboxylic acid groups (broad SMARTS) is 2. The predicted octanol–water partition coefficient (Wildman–Crippen LogP) is 13.0. The summed E-state index contributed by atoms with van der Waals surface area (Å²) in [5.41, 5.74) is -2.16. The number of anilines is 2. The van der Waals surface area contributed by atoms with Gasteiger partial charge in [-0.05, 0) is 132 Å². The van der Waals surface area contributed by atoms with Gasteiger partial charge in [-0.2, -0.15) is 36.2 Å². The number of benzene rings is 6. The van der Waals surface area contributed by atoms with E-state index in [0.29, 0.717) is 35.4 Å². The minimum atomic E-state index is -4.95. The van der Waals surface area contributed by atoms with Crippen LogP contribution in [0, 0.1) is 25.5 Å². The molecule has 1 atom stereocenters. The van der Waals surface area contributed by atoms with Gasteiger partial charge < -0.3 is 10.2 Å². The fraction of sp³-hybridized carbons (Fsp3) is 0.125. The third kappa shape index (κ3) is 11.4. The molecule has 0 saturated heterocycles. The Kier molecular flexibility index (Phi) is 15.7. The summed E-state index contributed by atoms with van der Waals surface area (Å²) in [7, 11) is -8.70. The van der Waals surface area contributed by atoms with Gasteiger partial charge in [0.2, 0.25) is 0 Å². The molecule has 0 aliphatic carbocycles. The van der Waals surface area contributed by atoms with Crippen LogP contribution in [-0.4, -0.2) is 39.0 Å². The Hall–Kier alpha value is -6.45. The first kappa shape index (κ1) is 53.9. The van der Waals surface area contributed by atoms with Gasteiger partial charge in [-0.15, -0.1) is 22.7 Å². The summed E-state index contributed by atoms with van der Waals surface area (Å²) < 4.78 is 166. The van der Waals surface area contributed by atoms with Crippen LogP contribution >= 0.6 is 32.6 Å². The first-order chi connectivity index (χ1) is 32.8. The molecule has 0 aliphatic rings. The van der Waals surface area contributed by atoms with Crippen LogP contribution < -0.4 is 8.61 Å². The molecular weight excluding hydrogens is 1040 g/mol. The number of thiophene rings is 2. The maximum absolute atomic E-state index is 13.8. The van der Waals surface area contributed by atoms with Gasteiger partial charge in [0.25, 0.3) is 20.0 Å². The molecule has 0 bridgehead atoms. The van der Waals surface area contributed by atoms with Crippen molar-refractivity contribution in [2.24, 2.45) is 0 Å². The summed E-state index contributed by atoms with van der Waals surface area (Å²) >= 11 is 2.30. The zero-order chi connectivity index (χ0) is 51.1. The third-order valence-corrected chi connectivity index (χ3v) is 17.1. The molecule has 0 saturated carbocycles. The SMILES string of the molecule is Cc1c(N(Cc2ccc(F)c(C(F)(F)F)c2)S(=O)(=O)c2ccc(C(=O)O)cc2)sc2ccccc12.P.[11CH3]c1c(N(Cc2ccc(F)c(C(F)(F)F)c2)S(=O)(=O)c2ccc(C(=O)O)cc2)sc2ccccc12. The number of aromatic carboxylic acids is 2. The zero-order valence-electron chi connectivity index (χ0n) is 36.7. The lowest BCUT2D eigenvalue weighted by Crippen LogP contribution is -2.30. The number of aryl methyl sites for hydroxylation is 2. The van der Waals surface area contributed by atoms with E-state index < -0.39 is 80.2 Å². The predicted molar refractivity (Wildman–Crippen MR) is 261 cm³/mol. The van der Waals surface area contributed by atoms with Gasteiger partial charge in [-0.1, -0.05) is 48.5 Å². The van der Waals surface area contributed by atoms with Gasteiger partial charge in [0.1, 0.15) is 21.6 Å². The van der Waals surface area contributed by atoms with E-state index in [0.717, 1.165) is 112 Å². The Morgan fingerprint density at radius 3 is 1.14 bits per heavy atom. The van der Waals surface area contributed by atoms with Gasteiger partial charge >= 0.3 is 24.3 Å². The smallest absolute Gasteiger partial charge is 0.419 e. The monoisotopic (exact) mass is 1080 g/mol. The molecule has 8 aromatic rings. The molecule has 2 heterocycles. The molecule has 10 nitrogen and oxygen atoms in total. The van der Waals surface area contributed by atoms with Crippen molar-refractivity contribution < 1.29 is 71.8 Å². The lowest BCUT2D eigenvalue weighted by Gasteiger charge is -2.24. The van der Waals surface area contributed by atoms with E-state index in [1.165, 1.54) is 0 Å². The normalized spacial score (nSPS) is 12.0. The zero-order valence-corrected chi connectivity index (χ0v) is 41.4. The molecule has 1 unspecified atom stereocenters. The minimum Gasteiger partial charge on any atom is -0.478 e. The highest BCUT2D eigenvalue weighted by molar-refractivity contribution is 7.93. The van der Waals surface area contributed by atoms with Crippen molar-refractivity contribution in [2.45, 2.75) is 49.1 Å². The van der Waals surface area contributed by atoms with Crippen molar-refractivity contribution in [2.75, 3.05) is 8.61 Å². The molecule has 0 radical (unpaired) electrons. The molecule has 2 aromatic heterocycles. The summed E-state index contributed by atoms with van der Waals surface area (Å²) in [6.07, 6.45) is -9.91. The van der Waals surface area contributed by atoms with E-state index in [1.807, 2.05) is 0 Å². The summed E-state index contributed by atoms with van der Waals surface area (Å²) in [5, 5.41) is 20.4. The van der Waals surface area contributed by atoms with E-state index in [1.54, 1.807) is 62.4 Å². The largest absolute Gasteiger partial charge is 0.478 e. The molecule has 0 spiro atoms. The first-order valence-corrected chi connectivity index (χ1v) is 24.7. The minimum absolute atomic E-state index is 0.